The van der Waals surface area contributed by atoms with Crippen molar-refractivity contribution >= 4 is 11.3 Å². The number of thiophene rings is 1. The van der Waals surface area contributed by atoms with Gasteiger partial charge in [0.1, 0.15) is 0 Å². The van der Waals surface area contributed by atoms with Gasteiger partial charge >= 0.3 is 0 Å². The molecule has 1 aromatic heterocycles. The van der Waals surface area contributed by atoms with Crippen LogP contribution in [-0.2, 0) is 0 Å². The van der Waals surface area contributed by atoms with E-state index >= 15 is 0 Å². The Morgan fingerprint density at radius 2 is 2.05 bits per heavy atom. The van der Waals surface area contributed by atoms with E-state index in [9.17, 15) is 0 Å². The molecule has 0 aliphatic carbocycles. The van der Waals surface area contributed by atoms with Crippen molar-refractivity contribution in [3.05, 3.63) is 21.4 Å². The Morgan fingerprint density at radius 3 is 2.60 bits per heavy atom. The first-order chi connectivity index (χ1) is 9.38. The first kappa shape index (κ1) is 16.0. The third-order valence-corrected chi connectivity index (χ3v) is 5.46. The Morgan fingerprint density at radius 1 is 1.35 bits per heavy atom. The van der Waals surface area contributed by atoms with Crippen molar-refractivity contribution in [2.75, 3.05) is 13.1 Å². The lowest BCUT2D eigenvalue weighted by Crippen LogP contribution is -2.56. The van der Waals surface area contributed by atoms with Crippen LogP contribution in [0.3, 0.4) is 0 Å². The average molecular weight is 295 g/mol. The zero-order valence-corrected chi connectivity index (χ0v) is 14.7. The lowest BCUT2D eigenvalue weighted by atomic mass is 9.97. The molecule has 3 atom stereocenters. The molecule has 0 amide bonds. The molecule has 1 aliphatic rings. The van der Waals surface area contributed by atoms with Crippen LogP contribution in [-0.4, -0.2) is 30.1 Å². The molecule has 1 saturated heterocycles. The van der Waals surface area contributed by atoms with Crippen LogP contribution in [0.4, 0.5) is 0 Å². The van der Waals surface area contributed by atoms with E-state index in [0.717, 1.165) is 12.5 Å². The first-order valence-corrected chi connectivity index (χ1v) is 8.76. The van der Waals surface area contributed by atoms with E-state index in [1.807, 2.05) is 11.3 Å². The summed E-state index contributed by atoms with van der Waals surface area (Å²) < 4.78 is 0. The highest BCUT2D eigenvalue weighted by Crippen LogP contribution is 2.32. The maximum absolute atomic E-state index is 3.72. The summed E-state index contributed by atoms with van der Waals surface area (Å²) in [5.41, 5.74) is 1.53. The van der Waals surface area contributed by atoms with Crippen molar-refractivity contribution in [2.45, 2.75) is 66.1 Å². The van der Waals surface area contributed by atoms with E-state index in [0.29, 0.717) is 18.1 Å². The molecule has 2 heterocycles. The van der Waals surface area contributed by atoms with Crippen LogP contribution in [0.25, 0.3) is 0 Å². The topological polar surface area (TPSA) is 15.3 Å². The Balaban J connectivity index is 2.10. The van der Waals surface area contributed by atoms with Crippen LogP contribution in [0.1, 0.15) is 55.5 Å². The van der Waals surface area contributed by atoms with E-state index in [-0.39, 0.29) is 0 Å². The molecule has 0 spiro atoms. The summed E-state index contributed by atoms with van der Waals surface area (Å²) in [6.45, 7) is 16.1. The van der Waals surface area contributed by atoms with Crippen LogP contribution in [0, 0.1) is 19.8 Å². The predicted octanol–water partition coefficient (Wildman–Crippen LogP) is 4.13. The van der Waals surface area contributed by atoms with Gasteiger partial charge in [-0.05, 0) is 51.7 Å². The van der Waals surface area contributed by atoms with Gasteiger partial charge < -0.3 is 5.32 Å². The molecule has 0 bridgehead atoms. The lowest BCUT2D eigenvalue weighted by molar-refractivity contribution is 0.0922. The Bertz CT molecular complexity index is 438. The largest absolute Gasteiger partial charge is 0.311 e. The monoisotopic (exact) mass is 294 g/mol. The van der Waals surface area contributed by atoms with Crippen LogP contribution in [0.2, 0.25) is 0 Å². The molecular weight excluding hydrogens is 264 g/mol. The van der Waals surface area contributed by atoms with Gasteiger partial charge in [-0.1, -0.05) is 13.8 Å². The van der Waals surface area contributed by atoms with Gasteiger partial charge in [-0.2, -0.15) is 0 Å². The molecule has 0 radical (unpaired) electrons. The van der Waals surface area contributed by atoms with Gasteiger partial charge in [0.15, 0.2) is 0 Å². The second kappa shape index (κ2) is 6.59. The summed E-state index contributed by atoms with van der Waals surface area (Å²) in [6, 6.07) is 4.19. The van der Waals surface area contributed by atoms with Crippen molar-refractivity contribution < 1.29 is 0 Å². The van der Waals surface area contributed by atoms with Gasteiger partial charge in [0, 0.05) is 41.0 Å². The highest BCUT2D eigenvalue weighted by atomic mass is 32.1. The van der Waals surface area contributed by atoms with Crippen molar-refractivity contribution in [3.8, 4) is 0 Å². The molecule has 20 heavy (non-hydrogen) atoms. The normalized spacial score (nSPS) is 26.1. The Hall–Kier alpha value is -0.380. The number of rotatable bonds is 4. The molecule has 2 nitrogen and oxygen atoms in total. The van der Waals surface area contributed by atoms with Gasteiger partial charge in [0.25, 0.3) is 0 Å². The minimum Gasteiger partial charge on any atom is -0.311 e. The highest BCUT2D eigenvalue weighted by Gasteiger charge is 2.30. The smallest absolute Gasteiger partial charge is 0.0334 e. The molecule has 114 valence electrons. The van der Waals surface area contributed by atoms with Crippen molar-refractivity contribution in [1.82, 2.24) is 10.2 Å². The minimum atomic E-state index is 0.534. The first-order valence-electron chi connectivity index (χ1n) is 7.94. The van der Waals surface area contributed by atoms with E-state index in [2.05, 4.69) is 57.8 Å². The van der Waals surface area contributed by atoms with Crippen LogP contribution in [0.5, 0.6) is 0 Å². The molecule has 1 fully saturated rings. The molecule has 0 saturated carbocycles. The van der Waals surface area contributed by atoms with Gasteiger partial charge in [-0.3, -0.25) is 4.90 Å². The fraction of sp³-hybridized carbons (Fsp3) is 0.765. The van der Waals surface area contributed by atoms with E-state index in [1.165, 1.54) is 28.3 Å². The van der Waals surface area contributed by atoms with E-state index in [4.69, 9.17) is 0 Å². The molecular formula is C17H30N2S. The molecule has 3 heteroatoms. The number of hydrogen-bond donors (Lipinski definition) is 1. The maximum atomic E-state index is 3.72. The third kappa shape index (κ3) is 3.63. The fourth-order valence-electron chi connectivity index (χ4n) is 3.46. The standard InChI is InChI=1S/C17H30N2S/c1-11(2)7-16-10-19(12(3)9-18-16)14(5)17-8-13(4)20-15(17)6/h8,11-12,14,16,18H,7,9-10H2,1-6H3. The summed E-state index contributed by atoms with van der Waals surface area (Å²) in [5, 5.41) is 3.72. The second-order valence-corrected chi connectivity index (χ2v) is 8.29. The summed E-state index contributed by atoms with van der Waals surface area (Å²) >= 11 is 1.93. The predicted molar refractivity (Wildman–Crippen MR) is 89.6 cm³/mol. The summed E-state index contributed by atoms with van der Waals surface area (Å²) in [5.74, 6) is 0.767. The van der Waals surface area contributed by atoms with Gasteiger partial charge in [-0.15, -0.1) is 11.3 Å². The maximum Gasteiger partial charge on any atom is 0.0334 e. The zero-order chi connectivity index (χ0) is 14.9. The quantitative estimate of drug-likeness (QED) is 0.898. The average Bonchev–Trinajstić information content (AvgIpc) is 2.69. The SMILES string of the molecule is Cc1cc(C(C)N2CC(CC(C)C)NCC2C)c(C)s1. The minimum absolute atomic E-state index is 0.534. The molecule has 1 aliphatic heterocycles. The van der Waals surface area contributed by atoms with Gasteiger partial charge in [-0.25, -0.2) is 0 Å². The highest BCUT2D eigenvalue weighted by molar-refractivity contribution is 7.12. The Labute approximate surface area is 128 Å². The molecule has 0 aromatic carbocycles. The van der Waals surface area contributed by atoms with E-state index < -0.39 is 0 Å². The third-order valence-electron chi connectivity index (χ3n) is 4.48. The van der Waals surface area contributed by atoms with Crippen molar-refractivity contribution in [3.63, 3.8) is 0 Å². The fourth-order valence-corrected chi connectivity index (χ4v) is 4.48. The molecule has 1 N–H and O–H groups in total. The molecule has 1 aromatic rings. The summed E-state index contributed by atoms with van der Waals surface area (Å²) in [6.07, 6.45) is 1.28. The summed E-state index contributed by atoms with van der Waals surface area (Å²) in [4.78, 5) is 5.62. The van der Waals surface area contributed by atoms with Crippen LogP contribution >= 0.6 is 11.3 Å². The van der Waals surface area contributed by atoms with Crippen molar-refractivity contribution in [2.24, 2.45) is 5.92 Å². The Kier molecular flexibility index (Phi) is 5.27. The van der Waals surface area contributed by atoms with Crippen LogP contribution in [0.15, 0.2) is 6.07 Å². The second-order valence-electron chi connectivity index (χ2n) is 6.83. The number of hydrogen-bond acceptors (Lipinski definition) is 3. The van der Waals surface area contributed by atoms with Gasteiger partial charge in [0.05, 0.1) is 0 Å². The number of aryl methyl sites for hydroxylation is 2. The van der Waals surface area contributed by atoms with Crippen LogP contribution < -0.4 is 5.32 Å². The number of piperazine rings is 1. The molecule has 2 rings (SSSR count). The molecule has 3 unspecified atom stereocenters. The number of nitrogens with one attached hydrogen (secondary N) is 1. The lowest BCUT2D eigenvalue weighted by Gasteiger charge is -2.43. The van der Waals surface area contributed by atoms with E-state index in [1.54, 1.807) is 0 Å². The van der Waals surface area contributed by atoms with Gasteiger partial charge in [0.2, 0.25) is 0 Å². The zero-order valence-electron chi connectivity index (χ0n) is 13.9. The van der Waals surface area contributed by atoms with Crippen molar-refractivity contribution in [1.29, 1.82) is 0 Å². The number of nitrogens with zero attached hydrogens (tertiary/aromatic N) is 1. The summed E-state index contributed by atoms with van der Waals surface area (Å²) in [7, 11) is 0.